The molecule has 0 aliphatic heterocycles. The summed E-state index contributed by atoms with van der Waals surface area (Å²) in [6.45, 7) is 1.85. The molecule has 0 amide bonds. The highest BCUT2D eigenvalue weighted by atomic mass is 32.2. The Kier molecular flexibility index (Phi) is 6.59. The molecule has 122 valence electrons. The Labute approximate surface area is 126 Å². The summed E-state index contributed by atoms with van der Waals surface area (Å²) in [5, 5.41) is 3.90. The highest BCUT2D eigenvalue weighted by molar-refractivity contribution is 7.89. The number of aromatic nitrogens is 2. The number of nitrogens with zero attached hydrogens (tertiary/aromatic N) is 4. The van der Waals surface area contributed by atoms with E-state index in [1.807, 2.05) is 19.0 Å². The zero-order chi connectivity index (χ0) is 16.0. The van der Waals surface area contributed by atoms with Crippen LogP contribution >= 0.6 is 0 Å². The van der Waals surface area contributed by atoms with E-state index in [2.05, 4.69) is 5.10 Å². The SMILES string of the molecule is COCCN(CCCN(C)C)S(=O)(=O)c1cn(C)nc1N. The van der Waals surface area contributed by atoms with E-state index in [-0.39, 0.29) is 10.7 Å². The maximum Gasteiger partial charge on any atom is 0.248 e. The van der Waals surface area contributed by atoms with Gasteiger partial charge in [-0.05, 0) is 27.1 Å². The number of anilines is 1. The second kappa shape index (κ2) is 7.74. The van der Waals surface area contributed by atoms with Crippen molar-refractivity contribution in [3.8, 4) is 0 Å². The Morgan fingerprint density at radius 3 is 2.48 bits per heavy atom. The van der Waals surface area contributed by atoms with E-state index in [1.54, 1.807) is 14.2 Å². The minimum atomic E-state index is -3.65. The minimum Gasteiger partial charge on any atom is -0.383 e. The van der Waals surface area contributed by atoms with Crippen LogP contribution in [0.4, 0.5) is 5.82 Å². The number of nitrogen functional groups attached to an aromatic ring is 1. The second-order valence-corrected chi connectivity index (χ2v) is 7.01. The average molecular weight is 319 g/mol. The molecule has 1 aromatic rings. The lowest BCUT2D eigenvalue weighted by atomic mass is 10.4. The lowest BCUT2D eigenvalue weighted by Gasteiger charge is -2.22. The van der Waals surface area contributed by atoms with Crippen molar-refractivity contribution in [3.63, 3.8) is 0 Å². The zero-order valence-corrected chi connectivity index (χ0v) is 13.9. The van der Waals surface area contributed by atoms with E-state index in [4.69, 9.17) is 10.5 Å². The quantitative estimate of drug-likeness (QED) is 0.665. The van der Waals surface area contributed by atoms with Crippen LogP contribution in [0.3, 0.4) is 0 Å². The maximum atomic E-state index is 12.7. The van der Waals surface area contributed by atoms with Crippen molar-refractivity contribution in [2.75, 3.05) is 53.2 Å². The number of sulfonamides is 1. The molecule has 0 saturated carbocycles. The molecule has 0 spiro atoms. The monoisotopic (exact) mass is 319 g/mol. The van der Waals surface area contributed by atoms with Crippen LogP contribution in [-0.2, 0) is 21.8 Å². The molecular weight excluding hydrogens is 294 g/mol. The number of hydrogen-bond acceptors (Lipinski definition) is 6. The summed E-state index contributed by atoms with van der Waals surface area (Å²) in [6, 6.07) is 0. The Hall–Kier alpha value is -1.16. The topological polar surface area (TPSA) is 93.7 Å². The molecule has 0 aliphatic rings. The summed E-state index contributed by atoms with van der Waals surface area (Å²) in [7, 11) is 3.43. The van der Waals surface area contributed by atoms with E-state index >= 15 is 0 Å². The van der Waals surface area contributed by atoms with Crippen LogP contribution in [0.2, 0.25) is 0 Å². The van der Waals surface area contributed by atoms with Crippen molar-refractivity contribution >= 4 is 15.8 Å². The van der Waals surface area contributed by atoms with Crippen molar-refractivity contribution < 1.29 is 13.2 Å². The standard InChI is InChI=1S/C12H25N5O3S/c1-15(2)6-5-7-17(8-9-20-4)21(18,19)11-10-16(3)14-12(11)13/h10H,5-9H2,1-4H3,(H2,13,14). The first-order valence-electron chi connectivity index (χ1n) is 6.72. The van der Waals surface area contributed by atoms with Gasteiger partial charge in [-0.1, -0.05) is 0 Å². The van der Waals surface area contributed by atoms with Gasteiger partial charge in [0, 0.05) is 33.4 Å². The van der Waals surface area contributed by atoms with Gasteiger partial charge in [-0.25, -0.2) is 8.42 Å². The number of rotatable bonds is 9. The van der Waals surface area contributed by atoms with E-state index < -0.39 is 10.0 Å². The van der Waals surface area contributed by atoms with Crippen molar-refractivity contribution in [1.29, 1.82) is 0 Å². The molecule has 9 heteroatoms. The Morgan fingerprint density at radius 1 is 1.33 bits per heavy atom. The van der Waals surface area contributed by atoms with Crippen LogP contribution < -0.4 is 5.73 Å². The van der Waals surface area contributed by atoms with Gasteiger partial charge in [0.2, 0.25) is 10.0 Å². The normalized spacial score (nSPS) is 12.5. The fraction of sp³-hybridized carbons (Fsp3) is 0.750. The molecular formula is C12H25N5O3S. The second-order valence-electron chi connectivity index (χ2n) is 5.11. The Balaban J connectivity index is 2.91. The molecule has 0 saturated heterocycles. The van der Waals surface area contributed by atoms with Gasteiger partial charge >= 0.3 is 0 Å². The summed E-state index contributed by atoms with van der Waals surface area (Å²) in [5.74, 6) is 0.0209. The summed E-state index contributed by atoms with van der Waals surface area (Å²) in [5.41, 5.74) is 5.69. The number of ether oxygens (including phenoxy) is 1. The molecule has 2 N–H and O–H groups in total. The van der Waals surface area contributed by atoms with E-state index in [0.717, 1.165) is 13.0 Å². The van der Waals surface area contributed by atoms with Gasteiger partial charge in [-0.2, -0.15) is 9.40 Å². The number of methoxy groups -OCH3 is 1. The summed E-state index contributed by atoms with van der Waals surface area (Å²) < 4.78 is 33.1. The van der Waals surface area contributed by atoms with Gasteiger partial charge in [0.1, 0.15) is 4.90 Å². The van der Waals surface area contributed by atoms with Gasteiger partial charge < -0.3 is 15.4 Å². The lowest BCUT2D eigenvalue weighted by molar-refractivity contribution is 0.177. The summed E-state index contributed by atoms with van der Waals surface area (Å²) >= 11 is 0. The predicted octanol–water partition coefficient (Wildman–Crippen LogP) is -0.409. The summed E-state index contributed by atoms with van der Waals surface area (Å²) in [6.07, 6.45) is 2.16. The first-order chi connectivity index (χ1) is 9.78. The smallest absolute Gasteiger partial charge is 0.248 e. The van der Waals surface area contributed by atoms with Crippen molar-refractivity contribution in [2.45, 2.75) is 11.3 Å². The fourth-order valence-corrected chi connectivity index (χ4v) is 3.48. The van der Waals surface area contributed by atoms with Crippen LogP contribution in [0.1, 0.15) is 6.42 Å². The van der Waals surface area contributed by atoms with Crippen LogP contribution in [0, 0.1) is 0 Å². The largest absolute Gasteiger partial charge is 0.383 e. The molecule has 0 aromatic carbocycles. The van der Waals surface area contributed by atoms with Crippen LogP contribution in [0.15, 0.2) is 11.1 Å². The average Bonchev–Trinajstić information content (AvgIpc) is 2.72. The van der Waals surface area contributed by atoms with Gasteiger partial charge in [-0.3, -0.25) is 4.68 Å². The molecule has 0 atom stereocenters. The van der Waals surface area contributed by atoms with E-state index in [0.29, 0.717) is 19.7 Å². The van der Waals surface area contributed by atoms with Crippen LogP contribution in [-0.4, -0.2) is 74.8 Å². The molecule has 0 unspecified atom stereocenters. The Bertz CT molecular complexity index is 541. The van der Waals surface area contributed by atoms with E-state index in [1.165, 1.54) is 15.2 Å². The fourth-order valence-electron chi connectivity index (χ4n) is 1.93. The highest BCUT2D eigenvalue weighted by Crippen LogP contribution is 2.20. The minimum absolute atomic E-state index is 0.0209. The van der Waals surface area contributed by atoms with Crippen LogP contribution in [0.25, 0.3) is 0 Å². The molecule has 1 heterocycles. The van der Waals surface area contributed by atoms with E-state index in [9.17, 15) is 8.42 Å². The molecule has 0 radical (unpaired) electrons. The van der Waals surface area contributed by atoms with Gasteiger partial charge in [0.25, 0.3) is 0 Å². The number of aryl methyl sites for hydroxylation is 1. The van der Waals surface area contributed by atoms with Gasteiger partial charge in [-0.15, -0.1) is 0 Å². The lowest BCUT2D eigenvalue weighted by Crippen LogP contribution is -2.36. The molecule has 1 rings (SSSR count). The summed E-state index contributed by atoms with van der Waals surface area (Å²) in [4.78, 5) is 2.06. The third kappa shape index (κ3) is 4.95. The van der Waals surface area contributed by atoms with Gasteiger partial charge in [0.05, 0.1) is 6.61 Å². The Morgan fingerprint density at radius 2 is 2.00 bits per heavy atom. The zero-order valence-electron chi connectivity index (χ0n) is 13.1. The first kappa shape index (κ1) is 17.9. The molecule has 0 bridgehead atoms. The number of hydrogen-bond donors (Lipinski definition) is 1. The maximum absolute atomic E-state index is 12.7. The van der Waals surface area contributed by atoms with Crippen molar-refractivity contribution in [3.05, 3.63) is 6.20 Å². The van der Waals surface area contributed by atoms with Crippen molar-refractivity contribution in [1.82, 2.24) is 19.0 Å². The van der Waals surface area contributed by atoms with Crippen LogP contribution in [0.5, 0.6) is 0 Å². The molecule has 21 heavy (non-hydrogen) atoms. The predicted molar refractivity (Wildman–Crippen MR) is 81.4 cm³/mol. The molecule has 1 aromatic heterocycles. The highest BCUT2D eigenvalue weighted by Gasteiger charge is 2.28. The molecule has 0 fully saturated rings. The van der Waals surface area contributed by atoms with Crippen molar-refractivity contribution in [2.24, 2.45) is 7.05 Å². The van der Waals surface area contributed by atoms with Gasteiger partial charge in [0.15, 0.2) is 5.82 Å². The third-order valence-electron chi connectivity index (χ3n) is 3.00. The molecule has 0 aliphatic carbocycles. The first-order valence-corrected chi connectivity index (χ1v) is 8.16. The molecule has 8 nitrogen and oxygen atoms in total. The number of nitrogens with two attached hydrogens (primary N) is 1. The third-order valence-corrected chi connectivity index (χ3v) is 4.91.